The zero-order valence-electron chi connectivity index (χ0n) is 9.29. The maximum absolute atomic E-state index is 13.4. The van der Waals surface area contributed by atoms with Crippen molar-refractivity contribution >= 4 is 0 Å². The van der Waals surface area contributed by atoms with E-state index in [4.69, 9.17) is 9.84 Å². The summed E-state index contributed by atoms with van der Waals surface area (Å²) in [5.41, 5.74) is 0.326. The highest BCUT2D eigenvalue weighted by molar-refractivity contribution is 5.28. The van der Waals surface area contributed by atoms with Crippen molar-refractivity contribution in [1.82, 2.24) is 5.32 Å². The third-order valence-corrected chi connectivity index (χ3v) is 2.22. The molecule has 0 spiro atoms. The van der Waals surface area contributed by atoms with Gasteiger partial charge in [-0.15, -0.1) is 0 Å². The average molecular weight is 249 g/mol. The first-order chi connectivity index (χ1) is 8.04. The van der Waals surface area contributed by atoms with Gasteiger partial charge in [-0.25, -0.2) is 13.2 Å². The van der Waals surface area contributed by atoms with Gasteiger partial charge in [-0.05, 0) is 6.07 Å². The first kappa shape index (κ1) is 13.8. The predicted octanol–water partition coefficient (Wildman–Crippen LogP) is 1.55. The normalized spacial score (nSPS) is 12.8. The molecule has 1 aromatic rings. The molecule has 0 aliphatic rings. The standard InChI is InChI=1S/C11H14F3NO2/c1-17-8-3-2-7(9(12)4-8)5-15-6-10(16)11(13)14/h2-4,10-11,15-16H,5-6H2,1H3. The highest BCUT2D eigenvalue weighted by atomic mass is 19.3. The zero-order chi connectivity index (χ0) is 12.8. The van der Waals surface area contributed by atoms with Crippen molar-refractivity contribution < 1.29 is 23.0 Å². The zero-order valence-corrected chi connectivity index (χ0v) is 9.29. The van der Waals surface area contributed by atoms with Crippen molar-refractivity contribution in [2.45, 2.75) is 19.1 Å². The first-order valence-corrected chi connectivity index (χ1v) is 5.04. The largest absolute Gasteiger partial charge is 0.497 e. The van der Waals surface area contributed by atoms with E-state index in [2.05, 4.69) is 5.32 Å². The molecule has 0 heterocycles. The van der Waals surface area contributed by atoms with Gasteiger partial charge in [0.05, 0.1) is 7.11 Å². The highest BCUT2D eigenvalue weighted by Gasteiger charge is 2.15. The van der Waals surface area contributed by atoms with Gasteiger partial charge in [0.1, 0.15) is 17.7 Å². The van der Waals surface area contributed by atoms with E-state index in [1.54, 1.807) is 6.07 Å². The second-order valence-electron chi connectivity index (χ2n) is 3.49. The molecule has 0 aliphatic heterocycles. The number of ether oxygens (including phenoxy) is 1. The molecule has 1 atom stereocenters. The van der Waals surface area contributed by atoms with Gasteiger partial charge in [0.15, 0.2) is 0 Å². The van der Waals surface area contributed by atoms with Crippen LogP contribution >= 0.6 is 0 Å². The fourth-order valence-electron chi connectivity index (χ4n) is 1.24. The summed E-state index contributed by atoms with van der Waals surface area (Å²) in [6, 6.07) is 4.28. The third kappa shape index (κ3) is 4.24. The number of alkyl halides is 2. The van der Waals surface area contributed by atoms with Crippen LogP contribution in [0.15, 0.2) is 18.2 Å². The van der Waals surface area contributed by atoms with Crippen LogP contribution in [0.2, 0.25) is 0 Å². The Labute approximate surface area is 97.2 Å². The number of aliphatic hydroxyl groups excluding tert-OH is 1. The molecule has 0 radical (unpaired) electrons. The molecule has 0 aromatic heterocycles. The van der Waals surface area contributed by atoms with E-state index >= 15 is 0 Å². The smallest absolute Gasteiger partial charge is 0.265 e. The van der Waals surface area contributed by atoms with Crippen LogP contribution in [0.3, 0.4) is 0 Å². The first-order valence-electron chi connectivity index (χ1n) is 5.04. The lowest BCUT2D eigenvalue weighted by molar-refractivity contribution is -0.00343. The van der Waals surface area contributed by atoms with Gasteiger partial charge in [0.25, 0.3) is 6.43 Å². The Bertz CT molecular complexity index is 361. The number of nitrogens with one attached hydrogen (secondary N) is 1. The monoisotopic (exact) mass is 249 g/mol. The lowest BCUT2D eigenvalue weighted by Crippen LogP contribution is -2.31. The molecule has 96 valence electrons. The second-order valence-corrected chi connectivity index (χ2v) is 3.49. The van der Waals surface area contributed by atoms with E-state index in [-0.39, 0.29) is 13.1 Å². The molecule has 0 bridgehead atoms. The molecule has 1 aromatic carbocycles. The molecule has 1 rings (SSSR count). The van der Waals surface area contributed by atoms with Crippen molar-refractivity contribution in [3.8, 4) is 5.75 Å². The van der Waals surface area contributed by atoms with Crippen molar-refractivity contribution in [3.05, 3.63) is 29.6 Å². The van der Waals surface area contributed by atoms with Gasteiger partial charge in [-0.3, -0.25) is 0 Å². The Kier molecular flexibility index (Phi) is 5.24. The van der Waals surface area contributed by atoms with Gasteiger partial charge in [0, 0.05) is 24.7 Å². The van der Waals surface area contributed by atoms with Crippen LogP contribution < -0.4 is 10.1 Å². The third-order valence-electron chi connectivity index (χ3n) is 2.22. The Morgan fingerprint density at radius 3 is 2.65 bits per heavy atom. The Morgan fingerprint density at radius 2 is 2.12 bits per heavy atom. The van der Waals surface area contributed by atoms with Crippen LogP contribution in [0.25, 0.3) is 0 Å². The number of hydrogen-bond donors (Lipinski definition) is 2. The summed E-state index contributed by atoms with van der Waals surface area (Å²) < 4.78 is 42.1. The molecule has 0 aliphatic carbocycles. The molecule has 2 N–H and O–H groups in total. The van der Waals surface area contributed by atoms with Crippen molar-refractivity contribution in [3.63, 3.8) is 0 Å². The lowest BCUT2D eigenvalue weighted by atomic mass is 10.2. The Balaban J connectivity index is 2.47. The van der Waals surface area contributed by atoms with Crippen molar-refractivity contribution in [2.24, 2.45) is 0 Å². The SMILES string of the molecule is COc1ccc(CNCC(O)C(F)F)c(F)c1. The van der Waals surface area contributed by atoms with Crippen LogP contribution in [0.4, 0.5) is 13.2 Å². The summed E-state index contributed by atoms with van der Waals surface area (Å²) in [6.07, 6.45) is -4.54. The summed E-state index contributed by atoms with van der Waals surface area (Å²) >= 11 is 0. The summed E-state index contributed by atoms with van der Waals surface area (Å²) in [5.74, 6) is -0.0951. The van der Waals surface area contributed by atoms with Crippen LogP contribution in [-0.2, 0) is 6.54 Å². The van der Waals surface area contributed by atoms with E-state index in [0.29, 0.717) is 11.3 Å². The molecule has 0 amide bonds. The average Bonchev–Trinajstić information content (AvgIpc) is 2.30. The molecule has 1 unspecified atom stereocenters. The Morgan fingerprint density at radius 1 is 1.41 bits per heavy atom. The number of aliphatic hydroxyl groups is 1. The van der Waals surface area contributed by atoms with Crippen LogP contribution in [0.1, 0.15) is 5.56 Å². The van der Waals surface area contributed by atoms with E-state index in [1.165, 1.54) is 19.2 Å². The van der Waals surface area contributed by atoms with Crippen molar-refractivity contribution in [2.75, 3.05) is 13.7 Å². The highest BCUT2D eigenvalue weighted by Crippen LogP contribution is 2.15. The van der Waals surface area contributed by atoms with Gasteiger partial charge >= 0.3 is 0 Å². The Hall–Kier alpha value is -1.27. The van der Waals surface area contributed by atoms with E-state index in [9.17, 15) is 13.2 Å². The molecule has 17 heavy (non-hydrogen) atoms. The fourth-order valence-corrected chi connectivity index (χ4v) is 1.24. The van der Waals surface area contributed by atoms with Crippen molar-refractivity contribution in [1.29, 1.82) is 0 Å². The lowest BCUT2D eigenvalue weighted by Gasteiger charge is -2.11. The summed E-state index contributed by atoms with van der Waals surface area (Å²) in [6.45, 7) is -0.220. The molecular weight excluding hydrogens is 235 g/mol. The van der Waals surface area contributed by atoms with Crippen LogP contribution in [0, 0.1) is 5.82 Å². The van der Waals surface area contributed by atoms with Gasteiger partial charge in [-0.2, -0.15) is 0 Å². The molecule has 0 saturated heterocycles. The number of halogens is 3. The van der Waals surface area contributed by atoms with Gasteiger partial charge in [0.2, 0.25) is 0 Å². The molecule has 3 nitrogen and oxygen atoms in total. The summed E-state index contributed by atoms with van der Waals surface area (Å²) in [5, 5.41) is 11.4. The molecule has 0 saturated carbocycles. The van der Waals surface area contributed by atoms with E-state index in [0.717, 1.165) is 0 Å². The summed E-state index contributed by atoms with van der Waals surface area (Å²) in [7, 11) is 1.42. The second kappa shape index (κ2) is 6.46. The fraction of sp³-hybridized carbons (Fsp3) is 0.455. The van der Waals surface area contributed by atoms with E-state index in [1.807, 2.05) is 0 Å². The summed E-state index contributed by atoms with van der Waals surface area (Å²) in [4.78, 5) is 0. The maximum atomic E-state index is 13.4. The number of benzene rings is 1. The minimum Gasteiger partial charge on any atom is -0.497 e. The van der Waals surface area contributed by atoms with Gasteiger partial charge in [-0.1, -0.05) is 6.07 Å². The maximum Gasteiger partial charge on any atom is 0.265 e. The minimum absolute atomic E-state index is 0.0691. The number of methoxy groups -OCH3 is 1. The topological polar surface area (TPSA) is 41.5 Å². The van der Waals surface area contributed by atoms with Crippen LogP contribution in [-0.4, -0.2) is 31.3 Å². The van der Waals surface area contributed by atoms with Gasteiger partial charge < -0.3 is 15.2 Å². The number of hydrogen-bond acceptors (Lipinski definition) is 3. The minimum atomic E-state index is -2.80. The number of rotatable bonds is 6. The quantitative estimate of drug-likeness (QED) is 0.803. The molecule has 6 heteroatoms. The molecular formula is C11H14F3NO2. The molecule has 0 fully saturated rings. The van der Waals surface area contributed by atoms with Crippen LogP contribution in [0.5, 0.6) is 5.75 Å². The predicted molar refractivity (Wildman–Crippen MR) is 56.7 cm³/mol. The van der Waals surface area contributed by atoms with E-state index < -0.39 is 18.3 Å².